The van der Waals surface area contributed by atoms with E-state index in [1.807, 2.05) is 125 Å². The molecule has 9 heteroatoms. The van der Waals surface area contributed by atoms with Crippen molar-refractivity contribution in [1.82, 2.24) is 28.9 Å². The largest absolute Gasteiger partial charge is 0.385 e. The number of benzene rings is 2. The van der Waals surface area contributed by atoms with E-state index in [1.54, 1.807) is 18.6 Å². The summed E-state index contributed by atoms with van der Waals surface area (Å²) in [6.07, 6.45) is 10.9. The molecular formula is C37H28N6O3. The summed E-state index contributed by atoms with van der Waals surface area (Å²) in [7, 11) is 0. The number of aliphatic hydroxyl groups excluding tert-OH is 2. The van der Waals surface area contributed by atoms with Gasteiger partial charge in [0, 0.05) is 42.7 Å². The van der Waals surface area contributed by atoms with Crippen LogP contribution in [0.5, 0.6) is 0 Å². The van der Waals surface area contributed by atoms with Crippen LogP contribution >= 0.6 is 0 Å². The molecular weight excluding hydrogens is 576 g/mol. The van der Waals surface area contributed by atoms with E-state index in [-0.39, 0.29) is 0 Å². The smallest absolute Gasteiger partial charge is 0.143 e. The van der Waals surface area contributed by atoms with E-state index in [1.165, 1.54) is 0 Å². The molecule has 0 spiro atoms. The van der Waals surface area contributed by atoms with Crippen molar-refractivity contribution in [2.45, 2.75) is 19.1 Å². The molecule has 6 aromatic heterocycles. The molecule has 2 atom stereocenters. The third-order valence-corrected chi connectivity index (χ3v) is 8.33. The van der Waals surface area contributed by atoms with E-state index in [4.69, 9.17) is 14.5 Å². The highest BCUT2D eigenvalue weighted by Crippen LogP contribution is 2.34. The Kier molecular flexibility index (Phi) is 6.75. The van der Waals surface area contributed by atoms with Gasteiger partial charge < -0.3 is 23.5 Å². The molecule has 8 aromatic rings. The average molecular weight is 605 g/mol. The van der Waals surface area contributed by atoms with E-state index >= 15 is 0 Å². The zero-order valence-corrected chi connectivity index (χ0v) is 24.8. The van der Waals surface area contributed by atoms with Gasteiger partial charge in [-0.1, -0.05) is 41.6 Å². The van der Waals surface area contributed by atoms with Crippen LogP contribution < -0.4 is 0 Å². The standard InChI is InChI=1S/C37H28N6O3/c1-23-31(18-39-46-23)33-22-43-20-30(9-11-35(43)41-33)26-5-3-7-28(17-26)37(45)36(44)27-6-2-4-25(16-27)29-8-10-34-40-32(21-42(34)19-29)24-12-14-38-15-13-24/h2-22,36-37,44-45H,1H3. The molecule has 224 valence electrons. The summed E-state index contributed by atoms with van der Waals surface area (Å²) in [6, 6.07) is 27.1. The molecule has 8 rings (SSSR count). The second-order valence-corrected chi connectivity index (χ2v) is 11.3. The molecule has 9 nitrogen and oxygen atoms in total. The molecule has 0 saturated carbocycles. The predicted molar refractivity (Wildman–Crippen MR) is 175 cm³/mol. The second kappa shape index (κ2) is 11.2. The van der Waals surface area contributed by atoms with Crippen molar-refractivity contribution < 1.29 is 14.7 Å². The Hall–Kier alpha value is -5.90. The number of fused-ring (bicyclic) bond motifs is 2. The number of pyridine rings is 3. The number of hydrogen-bond donors (Lipinski definition) is 2. The Labute approximate surface area is 263 Å². The minimum absolute atomic E-state index is 0.616. The molecule has 0 amide bonds. The topological polar surface area (TPSA) is 114 Å². The minimum atomic E-state index is -1.13. The molecule has 2 aromatic carbocycles. The fourth-order valence-electron chi connectivity index (χ4n) is 5.83. The quantitative estimate of drug-likeness (QED) is 0.199. The van der Waals surface area contributed by atoms with Crippen molar-refractivity contribution in [3.8, 4) is 44.8 Å². The highest BCUT2D eigenvalue weighted by Gasteiger charge is 2.21. The third-order valence-electron chi connectivity index (χ3n) is 8.33. The maximum atomic E-state index is 11.3. The summed E-state index contributed by atoms with van der Waals surface area (Å²) in [4.78, 5) is 13.5. The van der Waals surface area contributed by atoms with Gasteiger partial charge in [-0.25, -0.2) is 9.97 Å². The Morgan fingerprint density at radius 2 is 1.17 bits per heavy atom. The average Bonchev–Trinajstić information content (AvgIpc) is 3.85. The van der Waals surface area contributed by atoms with Crippen molar-refractivity contribution in [1.29, 1.82) is 0 Å². The van der Waals surface area contributed by atoms with E-state index < -0.39 is 12.2 Å². The highest BCUT2D eigenvalue weighted by atomic mass is 16.5. The lowest BCUT2D eigenvalue weighted by Crippen LogP contribution is -2.10. The molecule has 0 aliphatic heterocycles. The van der Waals surface area contributed by atoms with Crippen LogP contribution in [0.15, 0.2) is 133 Å². The minimum Gasteiger partial charge on any atom is -0.385 e. The number of aryl methyl sites for hydroxylation is 1. The van der Waals surface area contributed by atoms with Gasteiger partial charge in [-0.15, -0.1) is 0 Å². The molecule has 0 aliphatic carbocycles. The van der Waals surface area contributed by atoms with Crippen LogP contribution in [-0.4, -0.2) is 39.1 Å². The molecule has 46 heavy (non-hydrogen) atoms. The lowest BCUT2D eigenvalue weighted by Gasteiger charge is -2.20. The fourth-order valence-corrected chi connectivity index (χ4v) is 5.83. The van der Waals surface area contributed by atoms with Crippen LogP contribution in [0.25, 0.3) is 56.1 Å². The van der Waals surface area contributed by atoms with Crippen LogP contribution in [-0.2, 0) is 0 Å². The SMILES string of the molecule is Cc1oncc1-c1cn2cc(-c3cccc(C(O)C(O)c4cccc(-c5ccc6nc(-c7ccncc7)cn6c5)c4)c3)ccc2n1. The summed E-state index contributed by atoms with van der Waals surface area (Å²) < 4.78 is 9.16. The lowest BCUT2D eigenvalue weighted by atomic mass is 9.94. The van der Waals surface area contributed by atoms with E-state index in [9.17, 15) is 10.2 Å². The zero-order chi connectivity index (χ0) is 31.2. The van der Waals surface area contributed by atoms with Crippen LogP contribution in [0.2, 0.25) is 0 Å². The number of nitrogens with zero attached hydrogens (tertiary/aromatic N) is 6. The fraction of sp³-hybridized carbons (Fsp3) is 0.0811. The van der Waals surface area contributed by atoms with Gasteiger partial charge in [0.25, 0.3) is 0 Å². The molecule has 6 heterocycles. The van der Waals surface area contributed by atoms with Gasteiger partial charge in [-0.3, -0.25) is 4.98 Å². The lowest BCUT2D eigenvalue weighted by molar-refractivity contribution is 0.0173. The Balaban J connectivity index is 1.05. The van der Waals surface area contributed by atoms with Crippen LogP contribution in [0.4, 0.5) is 0 Å². The molecule has 2 N–H and O–H groups in total. The van der Waals surface area contributed by atoms with E-state index in [0.29, 0.717) is 16.9 Å². The summed E-state index contributed by atoms with van der Waals surface area (Å²) >= 11 is 0. The van der Waals surface area contributed by atoms with Gasteiger partial charge in [0.05, 0.1) is 23.1 Å². The Morgan fingerprint density at radius 3 is 1.74 bits per heavy atom. The van der Waals surface area contributed by atoms with Crippen molar-refractivity contribution in [3.05, 3.63) is 145 Å². The van der Waals surface area contributed by atoms with Crippen LogP contribution in [0, 0.1) is 6.92 Å². The number of imidazole rings is 2. The van der Waals surface area contributed by atoms with Gasteiger partial charge in [0.15, 0.2) is 0 Å². The monoisotopic (exact) mass is 604 g/mol. The first-order valence-corrected chi connectivity index (χ1v) is 14.9. The van der Waals surface area contributed by atoms with Crippen molar-refractivity contribution in [2.24, 2.45) is 0 Å². The Morgan fingerprint density at radius 1 is 0.609 bits per heavy atom. The highest BCUT2D eigenvalue weighted by molar-refractivity contribution is 5.70. The second-order valence-electron chi connectivity index (χ2n) is 11.3. The number of rotatable bonds is 7. The van der Waals surface area contributed by atoms with Crippen LogP contribution in [0.3, 0.4) is 0 Å². The van der Waals surface area contributed by atoms with E-state index in [0.717, 1.165) is 56.1 Å². The number of hydrogen-bond acceptors (Lipinski definition) is 7. The zero-order valence-electron chi connectivity index (χ0n) is 24.8. The maximum absolute atomic E-state index is 11.3. The first kappa shape index (κ1) is 27.6. The summed E-state index contributed by atoms with van der Waals surface area (Å²) in [5.74, 6) is 0.712. The summed E-state index contributed by atoms with van der Waals surface area (Å²) in [5, 5.41) is 26.5. The molecule has 0 saturated heterocycles. The van der Waals surface area contributed by atoms with E-state index in [2.05, 4.69) is 10.1 Å². The first-order chi connectivity index (χ1) is 22.5. The maximum Gasteiger partial charge on any atom is 0.143 e. The van der Waals surface area contributed by atoms with Crippen LogP contribution in [0.1, 0.15) is 29.1 Å². The summed E-state index contributed by atoms with van der Waals surface area (Å²) in [6.45, 7) is 1.86. The van der Waals surface area contributed by atoms with Gasteiger partial charge in [0.1, 0.15) is 29.3 Å². The molecule has 0 bridgehead atoms. The van der Waals surface area contributed by atoms with Crippen molar-refractivity contribution in [3.63, 3.8) is 0 Å². The van der Waals surface area contributed by atoms with Crippen molar-refractivity contribution in [2.75, 3.05) is 0 Å². The summed E-state index contributed by atoms with van der Waals surface area (Å²) in [5.41, 5.74) is 10.1. The molecule has 2 unspecified atom stereocenters. The Bertz CT molecular complexity index is 2340. The molecule has 0 aliphatic rings. The van der Waals surface area contributed by atoms with Gasteiger partial charge >= 0.3 is 0 Å². The van der Waals surface area contributed by atoms with Crippen molar-refractivity contribution >= 4 is 11.3 Å². The third kappa shape index (κ3) is 5.03. The van der Waals surface area contributed by atoms with Gasteiger partial charge in [-0.05, 0) is 88.8 Å². The van der Waals surface area contributed by atoms with Gasteiger partial charge in [-0.2, -0.15) is 0 Å². The number of aromatic nitrogens is 6. The predicted octanol–water partition coefficient (Wildman–Crippen LogP) is 7.11. The van der Waals surface area contributed by atoms with Gasteiger partial charge in [0.2, 0.25) is 0 Å². The number of aliphatic hydroxyl groups is 2. The normalized spacial score (nSPS) is 12.9. The molecule has 0 fully saturated rings. The first-order valence-electron chi connectivity index (χ1n) is 14.9. The molecule has 0 radical (unpaired) electrons.